The molecule has 2 rings (SSSR count). The molecule has 1 aromatic rings. The second-order valence-electron chi connectivity index (χ2n) is 3.89. The molecule has 0 aromatic heterocycles. The largest absolute Gasteiger partial charge is 0.285 e. The monoisotopic (exact) mass is 201 g/mol. The standard InChI is InChI=1S/C12H15N3/c13-6-7-14-8-9-15(11-14)10-12-4-2-1-3-5-12/h1-5H,7-11H2. The lowest BCUT2D eigenvalue weighted by Gasteiger charge is -2.15. The summed E-state index contributed by atoms with van der Waals surface area (Å²) in [6.07, 6.45) is 0. The van der Waals surface area contributed by atoms with Crippen LogP contribution >= 0.6 is 0 Å². The fourth-order valence-corrected chi connectivity index (χ4v) is 1.91. The van der Waals surface area contributed by atoms with E-state index in [2.05, 4.69) is 40.1 Å². The molecular formula is C12H15N3. The normalized spacial score (nSPS) is 17.8. The zero-order chi connectivity index (χ0) is 10.5. The first kappa shape index (κ1) is 10.2. The Bertz CT molecular complexity index is 342. The smallest absolute Gasteiger partial charge is 0.0876 e. The highest BCUT2D eigenvalue weighted by molar-refractivity contribution is 5.14. The number of hydrogen-bond donors (Lipinski definition) is 0. The maximum absolute atomic E-state index is 8.59. The van der Waals surface area contributed by atoms with Crippen molar-refractivity contribution in [2.45, 2.75) is 6.54 Å². The zero-order valence-electron chi connectivity index (χ0n) is 8.76. The fourth-order valence-electron chi connectivity index (χ4n) is 1.91. The van der Waals surface area contributed by atoms with Gasteiger partial charge in [-0.15, -0.1) is 0 Å². The van der Waals surface area contributed by atoms with Gasteiger partial charge in [0.2, 0.25) is 0 Å². The molecule has 0 spiro atoms. The fraction of sp³-hybridized carbons (Fsp3) is 0.417. The van der Waals surface area contributed by atoms with Crippen molar-refractivity contribution < 1.29 is 0 Å². The third kappa shape index (κ3) is 2.79. The number of rotatable bonds is 3. The van der Waals surface area contributed by atoms with E-state index in [1.165, 1.54) is 5.56 Å². The van der Waals surface area contributed by atoms with Crippen LogP contribution in [0.2, 0.25) is 0 Å². The summed E-state index contributed by atoms with van der Waals surface area (Å²) in [4.78, 5) is 4.54. The second-order valence-corrected chi connectivity index (χ2v) is 3.89. The van der Waals surface area contributed by atoms with E-state index in [4.69, 9.17) is 5.26 Å². The molecule has 15 heavy (non-hydrogen) atoms. The predicted octanol–water partition coefficient (Wildman–Crippen LogP) is 1.29. The van der Waals surface area contributed by atoms with E-state index < -0.39 is 0 Å². The SMILES string of the molecule is N#CCN1CCN(Cc2ccccc2)C1. The topological polar surface area (TPSA) is 30.3 Å². The molecule has 1 aromatic carbocycles. The van der Waals surface area contributed by atoms with Crippen LogP contribution in [0.15, 0.2) is 30.3 Å². The van der Waals surface area contributed by atoms with Gasteiger partial charge in [-0.1, -0.05) is 30.3 Å². The quantitative estimate of drug-likeness (QED) is 0.690. The Balaban J connectivity index is 1.85. The molecule has 0 radical (unpaired) electrons. The molecule has 3 heteroatoms. The number of benzene rings is 1. The van der Waals surface area contributed by atoms with Crippen LogP contribution in [0, 0.1) is 11.3 Å². The van der Waals surface area contributed by atoms with E-state index >= 15 is 0 Å². The minimum absolute atomic E-state index is 0.547. The van der Waals surface area contributed by atoms with Gasteiger partial charge in [0.25, 0.3) is 0 Å². The van der Waals surface area contributed by atoms with Gasteiger partial charge in [-0.25, -0.2) is 0 Å². The molecule has 1 saturated heterocycles. The summed E-state index contributed by atoms with van der Waals surface area (Å²) in [6.45, 7) is 4.54. The van der Waals surface area contributed by atoms with Crippen LogP contribution < -0.4 is 0 Å². The van der Waals surface area contributed by atoms with Gasteiger partial charge >= 0.3 is 0 Å². The van der Waals surface area contributed by atoms with Crippen molar-refractivity contribution in [2.75, 3.05) is 26.3 Å². The Kier molecular flexibility index (Phi) is 3.33. The van der Waals surface area contributed by atoms with Crippen LogP contribution in [0.25, 0.3) is 0 Å². The van der Waals surface area contributed by atoms with Gasteiger partial charge in [-0.05, 0) is 5.56 Å². The van der Waals surface area contributed by atoms with Gasteiger partial charge in [0.1, 0.15) is 0 Å². The van der Waals surface area contributed by atoms with Crippen LogP contribution in [-0.2, 0) is 6.54 Å². The Morgan fingerprint density at radius 1 is 1.13 bits per heavy atom. The van der Waals surface area contributed by atoms with Crippen molar-refractivity contribution >= 4 is 0 Å². The molecule has 0 atom stereocenters. The molecule has 1 aliphatic heterocycles. The zero-order valence-corrected chi connectivity index (χ0v) is 8.76. The highest BCUT2D eigenvalue weighted by atomic mass is 15.4. The van der Waals surface area contributed by atoms with Crippen molar-refractivity contribution in [1.82, 2.24) is 9.80 Å². The lowest BCUT2D eigenvalue weighted by atomic mass is 10.2. The van der Waals surface area contributed by atoms with Gasteiger partial charge in [0, 0.05) is 19.6 Å². The lowest BCUT2D eigenvalue weighted by Crippen LogP contribution is -2.25. The van der Waals surface area contributed by atoms with Gasteiger partial charge in [-0.2, -0.15) is 5.26 Å². The molecule has 0 aliphatic carbocycles. The average Bonchev–Trinajstić information content (AvgIpc) is 2.68. The Morgan fingerprint density at radius 3 is 2.60 bits per heavy atom. The molecule has 0 saturated carbocycles. The average molecular weight is 201 g/mol. The molecule has 0 amide bonds. The van der Waals surface area contributed by atoms with Crippen LogP contribution in [0.4, 0.5) is 0 Å². The summed E-state index contributed by atoms with van der Waals surface area (Å²) in [6, 6.07) is 12.7. The van der Waals surface area contributed by atoms with Gasteiger partial charge < -0.3 is 0 Å². The molecule has 0 N–H and O–H groups in total. The Labute approximate surface area is 90.5 Å². The van der Waals surface area contributed by atoms with E-state index in [1.54, 1.807) is 0 Å². The van der Waals surface area contributed by atoms with Crippen molar-refractivity contribution in [3.05, 3.63) is 35.9 Å². The summed E-state index contributed by atoms with van der Waals surface area (Å²) >= 11 is 0. The van der Waals surface area contributed by atoms with Crippen LogP contribution in [0.1, 0.15) is 5.56 Å². The molecular weight excluding hydrogens is 186 g/mol. The predicted molar refractivity (Wildman–Crippen MR) is 58.9 cm³/mol. The molecule has 3 nitrogen and oxygen atoms in total. The highest BCUT2D eigenvalue weighted by Gasteiger charge is 2.18. The van der Waals surface area contributed by atoms with E-state index in [0.717, 1.165) is 26.3 Å². The maximum atomic E-state index is 8.59. The van der Waals surface area contributed by atoms with E-state index in [-0.39, 0.29) is 0 Å². The minimum Gasteiger partial charge on any atom is -0.285 e. The molecule has 1 heterocycles. The van der Waals surface area contributed by atoms with E-state index in [0.29, 0.717) is 6.54 Å². The van der Waals surface area contributed by atoms with Crippen molar-refractivity contribution in [3.8, 4) is 6.07 Å². The van der Waals surface area contributed by atoms with Crippen molar-refractivity contribution in [2.24, 2.45) is 0 Å². The summed E-state index contributed by atoms with van der Waals surface area (Å²) in [5, 5.41) is 8.59. The number of nitrogens with zero attached hydrogens (tertiary/aromatic N) is 3. The third-order valence-electron chi connectivity index (χ3n) is 2.68. The maximum Gasteiger partial charge on any atom is 0.0876 e. The van der Waals surface area contributed by atoms with Crippen LogP contribution in [-0.4, -0.2) is 36.1 Å². The summed E-state index contributed by atoms with van der Waals surface area (Å²) in [7, 11) is 0. The highest BCUT2D eigenvalue weighted by Crippen LogP contribution is 2.09. The number of nitriles is 1. The Hall–Kier alpha value is -1.37. The number of hydrogen-bond acceptors (Lipinski definition) is 3. The molecule has 0 bridgehead atoms. The third-order valence-corrected chi connectivity index (χ3v) is 2.68. The first-order valence-corrected chi connectivity index (χ1v) is 5.24. The molecule has 1 fully saturated rings. The van der Waals surface area contributed by atoms with Gasteiger partial charge in [0.05, 0.1) is 19.3 Å². The van der Waals surface area contributed by atoms with Gasteiger partial charge in [-0.3, -0.25) is 9.80 Å². The molecule has 1 aliphatic rings. The minimum atomic E-state index is 0.547. The van der Waals surface area contributed by atoms with Crippen molar-refractivity contribution in [1.29, 1.82) is 5.26 Å². The molecule has 0 unspecified atom stereocenters. The second kappa shape index (κ2) is 4.92. The summed E-state index contributed by atoms with van der Waals surface area (Å²) < 4.78 is 0. The Morgan fingerprint density at radius 2 is 1.87 bits per heavy atom. The van der Waals surface area contributed by atoms with E-state index in [9.17, 15) is 0 Å². The van der Waals surface area contributed by atoms with E-state index in [1.807, 2.05) is 6.07 Å². The van der Waals surface area contributed by atoms with Gasteiger partial charge in [0.15, 0.2) is 0 Å². The molecule has 78 valence electrons. The lowest BCUT2D eigenvalue weighted by molar-refractivity contribution is 0.256. The van der Waals surface area contributed by atoms with Crippen molar-refractivity contribution in [3.63, 3.8) is 0 Å². The van der Waals surface area contributed by atoms with Crippen LogP contribution in [0.3, 0.4) is 0 Å². The van der Waals surface area contributed by atoms with Crippen LogP contribution in [0.5, 0.6) is 0 Å². The summed E-state index contributed by atoms with van der Waals surface area (Å²) in [5.74, 6) is 0. The first-order chi connectivity index (χ1) is 7.38. The first-order valence-electron chi connectivity index (χ1n) is 5.24. The summed E-state index contributed by atoms with van der Waals surface area (Å²) in [5.41, 5.74) is 1.34.